The van der Waals surface area contributed by atoms with Gasteiger partial charge in [0.2, 0.25) is 5.91 Å². The fourth-order valence-electron chi connectivity index (χ4n) is 5.45. The summed E-state index contributed by atoms with van der Waals surface area (Å²) in [6.45, 7) is 5.78. The molecule has 2 N–H and O–H groups in total. The van der Waals surface area contributed by atoms with Crippen LogP contribution in [0.15, 0.2) is 59.5 Å². The molecule has 1 aliphatic rings. The van der Waals surface area contributed by atoms with Crippen molar-refractivity contribution in [2.45, 2.75) is 46.1 Å². The Morgan fingerprint density at radius 3 is 2.33 bits per heavy atom. The third-order valence-corrected chi connectivity index (χ3v) is 7.43. The van der Waals surface area contributed by atoms with Crippen LogP contribution in [0.25, 0.3) is 11.1 Å². The van der Waals surface area contributed by atoms with Gasteiger partial charge in [0.25, 0.3) is 5.56 Å². The zero-order valence-corrected chi connectivity index (χ0v) is 23.0. The standard InChI is InChI=1S/C30H31ClN2O6/c1-17(34)22-10-7-20(31)12-23(22)24-13-27(35)33(16-26(24)39-4)25(11-18-14-30(2,3)15-18)28(36)32-21-8-5-19(6-9-21)29(37)38/h5-10,12-13,16,18,25H,11,14-15H2,1-4H3,(H,32,36)(H,37,38). The number of Topliss-reactive ketones (excluding diaryl/α,β-unsaturated/α-hetero) is 1. The number of carboxylic acids is 1. The number of rotatable bonds is 9. The van der Waals surface area contributed by atoms with Gasteiger partial charge in [0, 0.05) is 27.9 Å². The highest BCUT2D eigenvalue weighted by Crippen LogP contribution is 2.48. The number of hydrogen-bond acceptors (Lipinski definition) is 5. The van der Waals surface area contributed by atoms with Crippen molar-refractivity contribution >= 4 is 34.9 Å². The quantitative estimate of drug-likeness (QED) is 0.312. The number of nitrogens with zero attached hydrogens (tertiary/aromatic N) is 1. The minimum absolute atomic E-state index is 0.101. The monoisotopic (exact) mass is 550 g/mol. The van der Waals surface area contributed by atoms with Crippen LogP contribution in [0.1, 0.15) is 66.8 Å². The Labute approximate surface area is 231 Å². The fraction of sp³-hybridized carbons (Fsp3) is 0.333. The minimum Gasteiger partial charge on any atom is -0.495 e. The van der Waals surface area contributed by atoms with E-state index in [1.807, 2.05) is 0 Å². The molecule has 0 bridgehead atoms. The Balaban J connectivity index is 1.74. The second kappa shape index (κ2) is 11.1. The molecule has 4 rings (SSSR count). The van der Waals surface area contributed by atoms with Gasteiger partial charge >= 0.3 is 5.97 Å². The van der Waals surface area contributed by atoms with Crippen molar-refractivity contribution in [2.75, 3.05) is 12.4 Å². The summed E-state index contributed by atoms with van der Waals surface area (Å²) in [4.78, 5) is 50.6. The summed E-state index contributed by atoms with van der Waals surface area (Å²) < 4.78 is 7.00. The van der Waals surface area contributed by atoms with Crippen molar-refractivity contribution in [2.24, 2.45) is 11.3 Å². The van der Waals surface area contributed by atoms with E-state index in [-0.39, 0.29) is 22.7 Å². The highest BCUT2D eigenvalue weighted by Gasteiger charge is 2.39. The van der Waals surface area contributed by atoms with Gasteiger partial charge in [0.15, 0.2) is 5.78 Å². The number of amides is 1. The molecule has 1 atom stereocenters. The van der Waals surface area contributed by atoms with E-state index in [1.165, 1.54) is 55.1 Å². The Hall–Kier alpha value is -3.91. The van der Waals surface area contributed by atoms with Crippen molar-refractivity contribution in [1.82, 2.24) is 4.57 Å². The lowest BCUT2D eigenvalue weighted by atomic mass is 9.63. The van der Waals surface area contributed by atoms with Gasteiger partial charge in [0.1, 0.15) is 11.8 Å². The van der Waals surface area contributed by atoms with Crippen LogP contribution >= 0.6 is 11.6 Å². The third-order valence-electron chi connectivity index (χ3n) is 7.19. The normalized spacial score (nSPS) is 15.2. The van der Waals surface area contributed by atoms with Crippen LogP contribution in [0.4, 0.5) is 5.69 Å². The van der Waals surface area contributed by atoms with Crippen LogP contribution in [0.5, 0.6) is 5.75 Å². The number of halogens is 1. The number of ether oxygens (including phenoxy) is 1. The summed E-state index contributed by atoms with van der Waals surface area (Å²) in [5.74, 6) is -1.08. The molecule has 1 aromatic heterocycles. The predicted molar refractivity (Wildman–Crippen MR) is 150 cm³/mol. The lowest BCUT2D eigenvalue weighted by molar-refractivity contribution is -0.120. The number of ketones is 1. The predicted octanol–water partition coefficient (Wildman–Crippen LogP) is 6.08. The molecule has 39 heavy (non-hydrogen) atoms. The second-order valence-corrected chi connectivity index (χ2v) is 11.2. The molecule has 0 radical (unpaired) electrons. The molecule has 1 saturated carbocycles. The van der Waals surface area contributed by atoms with Crippen molar-refractivity contribution in [3.05, 3.63) is 81.2 Å². The minimum atomic E-state index is -1.07. The molecule has 1 amide bonds. The number of nitrogens with one attached hydrogen (secondary N) is 1. The maximum Gasteiger partial charge on any atom is 0.335 e. The van der Waals surface area contributed by atoms with Gasteiger partial charge in [-0.2, -0.15) is 0 Å². The van der Waals surface area contributed by atoms with Crippen LogP contribution < -0.4 is 15.6 Å². The molecule has 2 aromatic carbocycles. The Kier molecular flexibility index (Phi) is 7.97. The van der Waals surface area contributed by atoms with Gasteiger partial charge in [-0.3, -0.25) is 19.0 Å². The van der Waals surface area contributed by atoms with Crippen molar-refractivity contribution < 1.29 is 24.2 Å². The zero-order valence-electron chi connectivity index (χ0n) is 22.3. The van der Waals surface area contributed by atoms with Gasteiger partial charge in [-0.05, 0) is 85.5 Å². The average molecular weight is 551 g/mol. The largest absolute Gasteiger partial charge is 0.495 e. The number of benzene rings is 2. The molecular weight excluding hydrogens is 520 g/mol. The smallest absolute Gasteiger partial charge is 0.335 e. The molecule has 0 spiro atoms. The van der Waals surface area contributed by atoms with Crippen molar-refractivity contribution in [3.8, 4) is 16.9 Å². The maximum atomic E-state index is 13.6. The summed E-state index contributed by atoms with van der Waals surface area (Å²) in [5.41, 5.74) is 1.54. The summed E-state index contributed by atoms with van der Waals surface area (Å²) in [6.07, 6.45) is 3.81. The van der Waals surface area contributed by atoms with Gasteiger partial charge in [-0.1, -0.05) is 25.4 Å². The highest BCUT2D eigenvalue weighted by atomic mass is 35.5. The molecule has 1 aliphatic carbocycles. The first-order valence-corrected chi connectivity index (χ1v) is 13.0. The summed E-state index contributed by atoms with van der Waals surface area (Å²) >= 11 is 6.22. The molecular formula is C30H31ClN2O6. The number of carbonyl (C=O) groups is 3. The van der Waals surface area contributed by atoms with Crippen LogP contribution in [0.3, 0.4) is 0 Å². The molecule has 1 heterocycles. The van der Waals surface area contributed by atoms with Crippen LogP contribution in [0, 0.1) is 11.3 Å². The average Bonchev–Trinajstić information content (AvgIpc) is 2.86. The van der Waals surface area contributed by atoms with Gasteiger partial charge in [-0.15, -0.1) is 0 Å². The van der Waals surface area contributed by atoms with E-state index in [9.17, 15) is 19.2 Å². The lowest BCUT2D eigenvalue weighted by Crippen LogP contribution is -2.39. The number of aromatic carboxylic acids is 1. The molecule has 0 aliphatic heterocycles. The first-order chi connectivity index (χ1) is 18.4. The molecule has 1 unspecified atom stereocenters. The molecule has 1 fully saturated rings. The van der Waals surface area contributed by atoms with E-state index in [2.05, 4.69) is 19.2 Å². The first kappa shape index (κ1) is 28.1. The summed E-state index contributed by atoms with van der Waals surface area (Å²) in [6, 6.07) is 11.2. The molecule has 0 saturated heterocycles. The number of carbonyl (C=O) groups excluding carboxylic acids is 2. The topological polar surface area (TPSA) is 115 Å². The van der Waals surface area contributed by atoms with Crippen LogP contribution in [0.2, 0.25) is 5.02 Å². The van der Waals surface area contributed by atoms with Crippen LogP contribution in [-0.4, -0.2) is 34.4 Å². The van der Waals surface area contributed by atoms with Crippen LogP contribution in [-0.2, 0) is 4.79 Å². The zero-order chi connectivity index (χ0) is 28.5. The number of pyridine rings is 1. The molecule has 8 nitrogen and oxygen atoms in total. The van der Waals surface area contributed by atoms with E-state index < -0.39 is 23.5 Å². The van der Waals surface area contributed by atoms with Gasteiger partial charge in [0.05, 0.1) is 18.9 Å². The van der Waals surface area contributed by atoms with Crippen molar-refractivity contribution in [3.63, 3.8) is 0 Å². The lowest BCUT2D eigenvalue weighted by Gasteiger charge is -2.44. The van der Waals surface area contributed by atoms with E-state index in [0.717, 1.165) is 12.8 Å². The SMILES string of the molecule is COc1cn(C(CC2CC(C)(C)C2)C(=O)Nc2ccc(C(=O)O)cc2)c(=O)cc1-c1cc(Cl)ccc1C(C)=O. The molecule has 3 aromatic rings. The number of carboxylic acid groups (broad SMARTS) is 1. The molecule has 204 valence electrons. The molecule has 9 heteroatoms. The van der Waals surface area contributed by atoms with E-state index in [4.69, 9.17) is 21.4 Å². The maximum absolute atomic E-state index is 13.6. The number of anilines is 1. The Bertz CT molecular complexity index is 1480. The summed E-state index contributed by atoms with van der Waals surface area (Å²) in [5, 5.41) is 12.4. The van der Waals surface area contributed by atoms with Gasteiger partial charge < -0.3 is 15.2 Å². The third kappa shape index (κ3) is 6.23. The fourth-order valence-corrected chi connectivity index (χ4v) is 5.62. The Morgan fingerprint density at radius 1 is 1.10 bits per heavy atom. The number of methoxy groups -OCH3 is 1. The summed E-state index contributed by atoms with van der Waals surface area (Å²) in [7, 11) is 1.46. The van der Waals surface area contributed by atoms with E-state index in [1.54, 1.807) is 18.2 Å². The van der Waals surface area contributed by atoms with Gasteiger partial charge in [-0.25, -0.2) is 4.79 Å². The number of aromatic nitrogens is 1. The van der Waals surface area contributed by atoms with E-state index >= 15 is 0 Å². The van der Waals surface area contributed by atoms with Crippen molar-refractivity contribution in [1.29, 1.82) is 0 Å². The second-order valence-electron chi connectivity index (χ2n) is 10.8. The Morgan fingerprint density at radius 2 is 1.77 bits per heavy atom. The number of hydrogen-bond donors (Lipinski definition) is 2. The first-order valence-electron chi connectivity index (χ1n) is 12.6. The van der Waals surface area contributed by atoms with E-state index in [0.29, 0.717) is 39.6 Å². The highest BCUT2D eigenvalue weighted by molar-refractivity contribution is 6.31.